The van der Waals surface area contributed by atoms with Gasteiger partial charge in [0.2, 0.25) is 5.13 Å². The molecule has 0 unspecified atom stereocenters. The standard InChI is InChI=1S/C11H18ClN3S/c1-3-11(4-2,7-12)14-10-13-9(15-16-10)8-5-6-8/h8H,3-7H2,1-2H3,(H,13,14,15). The van der Waals surface area contributed by atoms with Crippen molar-refractivity contribution in [2.45, 2.75) is 51.0 Å². The summed E-state index contributed by atoms with van der Waals surface area (Å²) in [4.78, 5) is 4.54. The van der Waals surface area contributed by atoms with E-state index in [-0.39, 0.29) is 5.54 Å². The van der Waals surface area contributed by atoms with E-state index in [4.69, 9.17) is 11.6 Å². The Hall–Kier alpha value is -0.350. The Balaban J connectivity index is 2.05. The fourth-order valence-electron chi connectivity index (χ4n) is 1.67. The number of anilines is 1. The highest BCUT2D eigenvalue weighted by Crippen LogP contribution is 2.39. The van der Waals surface area contributed by atoms with E-state index in [1.165, 1.54) is 24.4 Å². The molecule has 1 N–H and O–H groups in total. The first-order valence-electron chi connectivity index (χ1n) is 5.90. The molecule has 1 heterocycles. The Morgan fingerprint density at radius 1 is 1.44 bits per heavy atom. The number of halogens is 1. The summed E-state index contributed by atoms with van der Waals surface area (Å²) in [5.74, 6) is 2.25. The smallest absolute Gasteiger partial charge is 0.203 e. The van der Waals surface area contributed by atoms with Crippen LogP contribution in [-0.2, 0) is 0 Å². The van der Waals surface area contributed by atoms with Gasteiger partial charge in [-0.25, -0.2) is 4.98 Å². The lowest BCUT2D eigenvalue weighted by molar-refractivity contribution is 0.484. The molecule has 2 rings (SSSR count). The van der Waals surface area contributed by atoms with Gasteiger partial charge in [-0.1, -0.05) is 13.8 Å². The summed E-state index contributed by atoms with van der Waals surface area (Å²) in [6.07, 6.45) is 4.51. The van der Waals surface area contributed by atoms with Crippen LogP contribution in [-0.4, -0.2) is 20.8 Å². The van der Waals surface area contributed by atoms with E-state index in [0.29, 0.717) is 11.8 Å². The zero-order valence-electron chi connectivity index (χ0n) is 9.79. The van der Waals surface area contributed by atoms with E-state index in [9.17, 15) is 0 Å². The van der Waals surface area contributed by atoms with Crippen LogP contribution < -0.4 is 5.32 Å². The van der Waals surface area contributed by atoms with Gasteiger partial charge in [0.15, 0.2) is 0 Å². The Labute approximate surface area is 106 Å². The topological polar surface area (TPSA) is 37.8 Å². The third-order valence-electron chi connectivity index (χ3n) is 3.37. The third kappa shape index (κ3) is 2.48. The van der Waals surface area contributed by atoms with Crippen molar-refractivity contribution in [2.24, 2.45) is 0 Å². The molecular weight excluding hydrogens is 242 g/mol. The fourth-order valence-corrected chi connectivity index (χ4v) is 2.88. The molecule has 0 amide bonds. The number of nitrogens with zero attached hydrogens (tertiary/aromatic N) is 2. The number of hydrogen-bond donors (Lipinski definition) is 1. The lowest BCUT2D eigenvalue weighted by Crippen LogP contribution is -2.38. The van der Waals surface area contributed by atoms with Gasteiger partial charge in [-0.15, -0.1) is 11.6 Å². The van der Waals surface area contributed by atoms with E-state index in [2.05, 4.69) is 28.5 Å². The monoisotopic (exact) mass is 259 g/mol. The minimum atomic E-state index is -0.0259. The average Bonchev–Trinajstić information content (AvgIpc) is 3.08. The molecule has 5 heteroatoms. The Kier molecular flexibility index (Phi) is 3.70. The number of aromatic nitrogens is 2. The van der Waals surface area contributed by atoms with Crippen LogP contribution in [0.15, 0.2) is 0 Å². The van der Waals surface area contributed by atoms with Gasteiger partial charge in [-0.2, -0.15) is 4.37 Å². The highest BCUT2D eigenvalue weighted by molar-refractivity contribution is 7.09. The van der Waals surface area contributed by atoms with Crippen LogP contribution in [0.5, 0.6) is 0 Å². The van der Waals surface area contributed by atoms with Gasteiger partial charge in [0.05, 0.1) is 5.54 Å². The van der Waals surface area contributed by atoms with Crippen molar-refractivity contribution >= 4 is 28.3 Å². The van der Waals surface area contributed by atoms with Gasteiger partial charge in [0.25, 0.3) is 0 Å². The molecule has 0 atom stereocenters. The Morgan fingerprint density at radius 2 is 2.12 bits per heavy atom. The van der Waals surface area contributed by atoms with Crippen LogP contribution in [0.3, 0.4) is 0 Å². The van der Waals surface area contributed by atoms with Crippen molar-refractivity contribution in [3.8, 4) is 0 Å². The second-order valence-electron chi connectivity index (χ2n) is 4.48. The predicted octanol–water partition coefficient (Wildman–Crippen LogP) is 3.63. The summed E-state index contributed by atoms with van der Waals surface area (Å²) in [6, 6.07) is 0. The maximum absolute atomic E-state index is 6.05. The van der Waals surface area contributed by atoms with Crippen LogP contribution in [0, 0.1) is 0 Å². The first-order chi connectivity index (χ1) is 7.73. The SMILES string of the molecule is CCC(CC)(CCl)Nc1nc(C2CC2)ns1. The van der Waals surface area contributed by atoms with Crippen LogP contribution in [0.1, 0.15) is 51.3 Å². The van der Waals surface area contributed by atoms with Crippen LogP contribution in [0.4, 0.5) is 5.13 Å². The molecular formula is C11H18ClN3S. The summed E-state index contributed by atoms with van der Waals surface area (Å²) in [6.45, 7) is 4.31. The van der Waals surface area contributed by atoms with Crippen molar-refractivity contribution in [1.82, 2.24) is 9.36 Å². The number of nitrogens with one attached hydrogen (secondary N) is 1. The van der Waals surface area contributed by atoms with Crippen molar-refractivity contribution in [1.29, 1.82) is 0 Å². The molecule has 0 aliphatic heterocycles. The zero-order chi connectivity index (χ0) is 11.6. The van der Waals surface area contributed by atoms with Gasteiger partial charge >= 0.3 is 0 Å². The second-order valence-corrected chi connectivity index (χ2v) is 5.50. The molecule has 90 valence electrons. The summed E-state index contributed by atoms with van der Waals surface area (Å²) in [5.41, 5.74) is -0.0259. The Bertz CT molecular complexity index is 336. The van der Waals surface area contributed by atoms with Gasteiger partial charge in [-0.3, -0.25) is 0 Å². The Morgan fingerprint density at radius 3 is 2.62 bits per heavy atom. The summed E-state index contributed by atoms with van der Waals surface area (Å²) in [7, 11) is 0. The number of alkyl halides is 1. The highest BCUT2D eigenvalue weighted by atomic mass is 35.5. The normalized spacial score (nSPS) is 16.4. The van der Waals surface area contributed by atoms with Gasteiger partial charge < -0.3 is 5.32 Å². The van der Waals surface area contributed by atoms with E-state index in [1.807, 2.05) is 0 Å². The van der Waals surface area contributed by atoms with Crippen LogP contribution >= 0.6 is 23.1 Å². The largest absolute Gasteiger partial charge is 0.354 e. The molecule has 1 fully saturated rings. The predicted molar refractivity (Wildman–Crippen MR) is 69.5 cm³/mol. The molecule has 0 saturated heterocycles. The molecule has 1 aliphatic rings. The molecule has 3 nitrogen and oxygen atoms in total. The molecule has 16 heavy (non-hydrogen) atoms. The van der Waals surface area contributed by atoms with E-state index < -0.39 is 0 Å². The lowest BCUT2D eigenvalue weighted by atomic mass is 9.96. The summed E-state index contributed by atoms with van der Waals surface area (Å²) in [5, 5.41) is 4.38. The third-order valence-corrected chi connectivity index (χ3v) is 4.52. The second kappa shape index (κ2) is 4.88. The number of hydrogen-bond acceptors (Lipinski definition) is 4. The van der Waals surface area contributed by atoms with Crippen LogP contribution in [0.2, 0.25) is 0 Å². The molecule has 1 aromatic rings. The zero-order valence-corrected chi connectivity index (χ0v) is 11.4. The summed E-state index contributed by atoms with van der Waals surface area (Å²) < 4.78 is 4.39. The van der Waals surface area contributed by atoms with Crippen molar-refractivity contribution in [2.75, 3.05) is 11.2 Å². The minimum absolute atomic E-state index is 0.0259. The lowest BCUT2D eigenvalue weighted by Gasteiger charge is -2.30. The summed E-state index contributed by atoms with van der Waals surface area (Å²) >= 11 is 7.51. The molecule has 0 radical (unpaired) electrons. The van der Waals surface area contributed by atoms with E-state index in [1.54, 1.807) is 0 Å². The van der Waals surface area contributed by atoms with Crippen molar-refractivity contribution in [3.05, 3.63) is 5.82 Å². The first kappa shape index (κ1) is 12.1. The molecule has 0 spiro atoms. The first-order valence-corrected chi connectivity index (χ1v) is 7.21. The molecule has 1 saturated carbocycles. The highest BCUT2D eigenvalue weighted by Gasteiger charge is 2.30. The minimum Gasteiger partial charge on any atom is -0.354 e. The maximum atomic E-state index is 6.05. The average molecular weight is 260 g/mol. The van der Waals surface area contributed by atoms with Gasteiger partial charge in [0, 0.05) is 23.3 Å². The molecule has 0 bridgehead atoms. The van der Waals surface area contributed by atoms with E-state index in [0.717, 1.165) is 23.8 Å². The molecule has 0 aromatic carbocycles. The van der Waals surface area contributed by atoms with Crippen molar-refractivity contribution in [3.63, 3.8) is 0 Å². The number of rotatable bonds is 6. The maximum Gasteiger partial charge on any atom is 0.203 e. The van der Waals surface area contributed by atoms with Crippen molar-refractivity contribution < 1.29 is 0 Å². The van der Waals surface area contributed by atoms with Gasteiger partial charge in [-0.05, 0) is 25.7 Å². The van der Waals surface area contributed by atoms with Crippen LogP contribution in [0.25, 0.3) is 0 Å². The molecule has 1 aromatic heterocycles. The molecule has 1 aliphatic carbocycles. The quantitative estimate of drug-likeness (QED) is 0.793. The fraction of sp³-hybridized carbons (Fsp3) is 0.818. The van der Waals surface area contributed by atoms with E-state index >= 15 is 0 Å². The van der Waals surface area contributed by atoms with Gasteiger partial charge in [0.1, 0.15) is 5.82 Å².